The molecule has 0 aromatic carbocycles. The van der Waals surface area contributed by atoms with Crippen LogP contribution in [-0.4, -0.2) is 28.7 Å². The number of aryl methyl sites for hydroxylation is 2. The zero-order chi connectivity index (χ0) is 16.5. The van der Waals surface area contributed by atoms with Crippen LogP contribution in [0, 0.1) is 13.8 Å². The van der Waals surface area contributed by atoms with Crippen molar-refractivity contribution in [1.29, 1.82) is 0 Å². The van der Waals surface area contributed by atoms with Gasteiger partial charge < -0.3 is 14.9 Å². The van der Waals surface area contributed by atoms with Gasteiger partial charge in [-0.25, -0.2) is 0 Å². The molecule has 0 aliphatic heterocycles. The third-order valence-corrected chi connectivity index (χ3v) is 3.71. The SMILES string of the molecule is Cc1noc(C)c1C(C)CC(=O)NCCCCCCC(=O)O. The van der Waals surface area contributed by atoms with E-state index in [-0.39, 0.29) is 18.2 Å². The van der Waals surface area contributed by atoms with Gasteiger partial charge in [0, 0.05) is 24.9 Å². The molecule has 6 nitrogen and oxygen atoms in total. The van der Waals surface area contributed by atoms with Gasteiger partial charge in [0.05, 0.1) is 5.69 Å². The van der Waals surface area contributed by atoms with E-state index in [0.717, 1.165) is 36.3 Å². The van der Waals surface area contributed by atoms with Crippen molar-refractivity contribution in [3.63, 3.8) is 0 Å². The lowest BCUT2D eigenvalue weighted by molar-refractivity contribution is -0.137. The van der Waals surface area contributed by atoms with Gasteiger partial charge in [0.15, 0.2) is 0 Å². The number of carboxylic acid groups (broad SMARTS) is 1. The maximum absolute atomic E-state index is 11.9. The lowest BCUT2D eigenvalue weighted by Crippen LogP contribution is -2.25. The predicted octanol–water partition coefficient (Wildman–Crippen LogP) is 2.94. The van der Waals surface area contributed by atoms with Gasteiger partial charge in [-0.15, -0.1) is 0 Å². The minimum Gasteiger partial charge on any atom is -0.481 e. The van der Waals surface area contributed by atoms with Crippen molar-refractivity contribution in [3.05, 3.63) is 17.0 Å². The van der Waals surface area contributed by atoms with Crippen LogP contribution in [0.5, 0.6) is 0 Å². The molecular weight excluding hydrogens is 284 g/mol. The molecule has 0 aliphatic carbocycles. The second-order valence-electron chi connectivity index (χ2n) is 5.75. The smallest absolute Gasteiger partial charge is 0.303 e. The third-order valence-electron chi connectivity index (χ3n) is 3.71. The Morgan fingerprint density at radius 1 is 1.23 bits per heavy atom. The number of aliphatic carboxylic acids is 1. The number of amides is 1. The largest absolute Gasteiger partial charge is 0.481 e. The predicted molar refractivity (Wildman–Crippen MR) is 82.7 cm³/mol. The number of nitrogens with one attached hydrogen (secondary N) is 1. The topological polar surface area (TPSA) is 92.4 Å². The average Bonchev–Trinajstić information content (AvgIpc) is 2.76. The van der Waals surface area contributed by atoms with Crippen molar-refractivity contribution >= 4 is 11.9 Å². The van der Waals surface area contributed by atoms with E-state index in [1.165, 1.54) is 0 Å². The van der Waals surface area contributed by atoms with E-state index in [1.54, 1.807) is 0 Å². The summed E-state index contributed by atoms with van der Waals surface area (Å²) in [6, 6.07) is 0. The van der Waals surface area contributed by atoms with E-state index < -0.39 is 5.97 Å². The Balaban J connectivity index is 2.17. The second kappa shape index (κ2) is 9.23. The Labute approximate surface area is 131 Å². The lowest BCUT2D eigenvalue weighted by atomic mass is 9.96. The van der Waals surface area contributed by atoms with Crippen LogP contribution in [0.4, 0.5) is 0 Å². The minimum atomic E-state index is -0.749. The normalized spacial score (nSPS) is 12.1. The van der Waals surface area contributed by atoms with E-state index in [2.05, 4.69) is 10.5 Å². The molecule has 0 saturated carbocycles. The van der Waals surface area contributed by atoms with Gasteiger partial charge in [-0.05, 0) is 32.6 Å². The molecule has 22 heavy (non-hydrogen) atoms. The Morgan fingerprint density at radius 2 is 1.91 bits per heavy atom. The molecule has 1 aromatic rings. The Bertz CT molecular complexity index is 477. The van der Waals surface area contributed by atoms with Gasteiger partial charge in [0.25, 0.3) is 0 Å². The highest BCUT2D eigenvalue weighted by Crippen LogP contribution is 2.25. The molecule has 6 heteroatoms. The van der Waals surface area contributed by atoms with Crippen LogP contribution >= 0.6 is 0 Å². The molecule has 1 atom stereocenters. The van der Waals surface area contributed by atoms with Crippen LogP contribution in [0.1, 0.15) is 68.4 Å². The molecule has 0 aliphatic rings. The summed E-state index contributed by atoms with van der Waals surface area (Å²) in [6.07, 6.45) is 4.05. The number of carbonyl (C=O) groups is 2. The standard InChI is InChI=1S/C16H26N2O4/c1-11(16-12(2)18-22-13(16)3)10-14(19)17-9-7-5-4-6-8-15(20)21/h11H,4-10H2,1-3H3,(H,17,19)(H,20,21). The zero-order valence-corrected chi connectivity index (χ0v) is 13.6. The first-order chi connectivity index (χ1) is 10.4. The molecule has 124 valence electrons. The molecule has 1 aromatic heterocycles. The maximum atomic E-state index is 11.9. The van der Waals surface area contributed by atoms with E-state index in [9.17, 15) is 9.59 Å². The van der Waals surface area contributed by atoms with E-state index in [4.69, 9.17) is 9.63 Å². The fraction of sp³-hybridized carbons (Fsp3) is 0.688. The third kappa shape index (κ3) is 6.28. The summed E-state index contributed by atoms with van der Waals surface area (Å²) in [5, 5.41) is 15.3. The number of carboxylic acids is 1. The number of unbranched alkanes of at least 4 members (excludes halogenated alkanes) is 3. The van der Waals surface area contributed by atoms with Crippen LogP contribution < -0.4 is 5.32 Å². The first kappa shape index (κ1) is 18.2. The summed E-state index contributed by atoms with van der Waals surface area (Å²) in [5.41, 5.74) is 1.86. The summed E-state index contributed by atoms with van der Waals surface area (Å²) in [7, 11) is 0. The van der Waals surface area contributed by atoms with E-state index in [1.807, 2.05) is 20.8 Å². The van der Waals surface area contributed by atoms with Crippen molar-refractivity contribution in [2.24, 2.45) is 0 Å². The molecule has 0 radical (unpaired) electrons. The quantitative estimate of drug-likeness (QED) is 0.648. The van der Waals surface area contributed by atoms with Crippen molar-refractivity contribution in [2.45, 2.75) is 65.2 Å². The molecule has 1 heterocycles. The van der Waals surface area contributed by atoms with Gasteiger partial charge in [0.1, 0.15) is 5.76 Å². The van der Waals surface area contributed by atoms with Crippen LogP contribution in [0.25, 0.3) is 0 Å². The number of aromatic nitrogens is 1. The highest BCUT2D eigenvalue weighted by molar-refractivity contribution is 5.76. The highest BCUT2D eigenvalue weighted by atomic mass is 16.5. The number of hydrogen-bond acceptors (Lipinski definition) is 4. The molecule has 1 rings (SSSR count). The number of carbonyl (C=O) groups excluding carboxylic acids is 1. The van der Waals surface area contributed by atoms with Gasteiger partial charge in [0.2, 0.25) is 5.91 Å². The van der Waals surface area contributed by atoms with Crippen molar-refractivity contribution in [1.82, 2.24) is 10.5 Å². The molecule has 1 amide bonds. The van der Waals surface area contributed by atoms with Gasteiger partial charge in [-0.2, -0.15) is 0 Å². The summed E-state index contributed by atoms with van der Waals surface area (Å²) in [6.45, 7) is 6.39. The van der Waals surface area contributed by atoms with Crippen molar-refractivity contribution in [2.75, 3.05) is 6.54 Å². The summed E-state index contributed by atoms with van der Waals surface area (Å²) >= 11 is 0. The monoisotopic (exact) mass is 310 g/mol. The Hall–Kier alpha value is -1.85. The van der Waals surface area contributed by atoms with Gasteiger partial charge in [-0.1, -0.05) is 24.9 Å². The molecule has 0 fully saturated rings. The van der Waals surface area contributed by atoms with Crippen molar-refractivity contribution < 1.29 is 19.2 Å². The molecule has 0 saturated heterocycles. The molecule has 2 N–H and O–H groups in total. The zero-order valence-electron chi connectivity index (χ0n) is 13.6. The molecule has 0 bridgehead atoms. The summed E-state index contributed by atoms with van der Waals surface area (Å²) in [5.74, 6) is 0.137. The van der Waals surface area contributed by atoms with Crippen molar-refractivity contribution in [3.8, 4) is 0 Å². The summed E-state index contributed by atoms with van der Waals surface area (Å²) in [4.78, 5) is 22.3. The summed E-state index contributed by atoms with van der Waals surface area (Å²) < 4.78 is 5.13. The minimum absolute atomic E-state index is 0.0260. The van der Waals surface area contributed by atoms with Crippen LogP contribution in [0.15, 0.2) is 4.52 Å². The highest BCUT2D eigenvalue weighted by Gasteiger charge is 2.18. The lowest BCUT2D eigenvalue weighted by Gasteiger charge is -2.11. The molecule has 0 spiro atoms. The van der Waals surface area contributed by atoms with E-state index in [0.29, 0.717) is 19.4 Å². The first-order valence-electron chi connectivity index (χ1n) is 7.83. The molecule has 1 unspecified atom stereocenters. The number of rotatable bonds is 10. The van der Waals surface area contributed by atoms with E-state index >= 15 is 0 Å². The number of hydrogen-bond donors (Lipinski definition) is 2. The Kier molecular flexibility index (Phi) is 7.63. The second-order valence-corrected chi connectivity index (χ2v) is 5.75. The Morgan fingerprint density at radius 3 is 2.50 bits per heavy atom. The first-order valence-corrected chi connectivity index (χ1v) is 7.83. The van der Waals surface area contributed by atoms with Gasteiger partial charge in [-0.3, -0.25) is 9.59 Å². The maximum Gasteiger partial charge on any atom is 0.303 e. The van der Waals surface area contributed by atoms with Gasteiger partial charge >= 0.3 is 5.97 Å². The molecular formula is C16H26N2O4. The average molecular weight is 310 g/mol. The van der Waals surface area contributed by atoms with Crippen LogP contribution in [0.2, 0.25) is 0 Å². The van der Waals surface area contributed by atoms with Crippen LogP contribution in [-0.2, 0) is 9.59 Å². The fourth-order valence-electron chi connectivity index (χ4n) is 2.63. The fourth-order valence-corrected chi connectivity index (χ4v) is 2.63. The number of nitrogens with zero attached hydrogens (tertiary/aromatic N) is 1. The van der Waals surface area contributed by atoms with Crippen LogP contribution in [0.3, 0.4) is 0 Å².